The third-order valence-electron chi connectivity index (χ3n) is 5.53. The first-order valence-corrected chi connectivity index (χ1v) is 7.01. The van der Waals surface area contributed by atoms with Gasteiger partial charge in [-0.1, -0.05) is 20.8 Å². The molecule has 1 aliphatic carbocycles. The van der Waals surface area contributed by atoms with Gasteiger partial charge in [-0.2, -0.15) is 0 Å². The second-order valence-electron chi connectivity index (χ2n) is 5.60. The van der Waals surface area contributed by atoms with Crippen LogP contribution in [-0.2, 0) is 19.2 Å². The first kappa shape index (κ1) is 17.9. The Morgan fingerprint density at radius 2 is 1.09 bits per heavy atom. The van der Waals surface area contributed by atoms with Crippen LogP contribution in [0.25, 0.3) is 0 Å². The van der Waals surface area contributed by atoms with Gasteiger partial charge in [0.2, 0.25) is 0 Å². The summed E-state index contributed by atoms with van der Waals surface area (Å²) in [6, 6.07) is 0. The first-order valence-electron chi connectivity index (χ1n) is 7.01. The fraction of sp³-hybridized carbons (Fsp3) is 0.714. The van der Waals surface area contributed by atoms with Crippen molar-refractivity contribution in [2.24, 2.45) is 22.2 Å². The van der Waals surface area contributed by atoms with Crippen LogP contribution in [-0.4, -0.2) is 44.3 Å². The van der Waals surface area contributed by atoms with Gasteiger partial charge in [0.05, 0.1) is 16.7 Å². The molecule has 4 N–H and O–H groups in total. The Morgan fingerprint density at radius 3 is 1.23 bits per heavy atom. The number of carboxylic acids is 4. The second kappa shape index (κ2) is 5.26. The third kappa shape index (κ3) is 1.47. The molecule has 0 aromatic rings. The van der Waals surface area contributed by atoms with E-state index in [1.807, 2.05) is 0 Å². The van der Waals surface area contributed by atoms with Gasteiger partial charge in [0.1, 0.15) is 5.41 Å². The molecule has 0 spiro atoms. The predicted molar refractivity (Wildman–Crippen MR) is 72.2 cm³/mol. The fourth-order valence-electron chi connectivity index (χ4n) is 4.75. The average molecular weight is 316 g/mol. The molecule has 1 saturated carbocycles. The highest BCUT2D eigenvalue weighted by Crippen LogP contribution is 2.76. The van der Waals surface area contributed by atoms with Crippen LogP contribution in [0, 0.1) is 22.2 Å². The van der Waals surface area contributed by atoms with Crippen LogP contribution in [0.1, 0.15) is 40.0 Å². The molecule has 0 heterocycles. The molecule has 0 radical (unpaired) electrons. The summed E-state index contributed by atoms with van der Waals surface area (Å²) in [7, 11) is 0. The minimum absolute atomic E-state index is 0.283. The Morgan fingerprint density at radius 1 is 0.727 bits per heavy atom. The zero-order valence-electron chi connectivity index (χ0n) is 12.6. The van der Waals surface area contributed by atoms with Gasteiger partial charge < -0.3 is 20.4 Å². The van der Waals surface area contributed by atoms with E-state index in [0.29, 0.717) is 0 Å². The van der Waals surface area contributed by atoms with Crippen LogP contribution < -0.4 is 0 Å². The van der Waals surface area contributed by atoms with Gasteiger partial charge in [-0.05, 0) is 19.3 Å². The molecule has 2 atom stereocenters. The zero-order chi connectivity index (χ0) is 17.5. The molecule has 0 saturated heterocycles. The highest BCUT2D eigenvalue weighted by Gasteiger charge is 2.88. The minimum atomic E-state index is -2.18. The number of hydrogen-bond acceptors (Lipinski definition) is 4. The molecule has 0 bridgehead atoms. The van der Waals surface area contributed by atoms with Crippen molar-refractivity contribution in [3.8, 4) is 0 Å². The SMILES string of the molecule is CCC1(C(=O)O)C(C(=O)O)C(CC)(C(=O)O)C1(CC)C(=O)O. The summed E-state index contributed by atoms with van der Waals surface area (Å²) in [6.45, 7) is 4.13. The number of rotatable bonds is 7. The molecule has 124 valence electrons. The van der Waals surface area contributed by atoms with Gasteiger partial charge in [-0.25, -0.2) is 0 Å². The van der Waals surface area contributed by atoms with Gasteiger partial charge in [0.15, 0.2) is 0 Å². The highest BCUT2D eigenvalue weighted by atomic mass is 16.4. The standard InChI is InChI=1S/C14H20O8/c1-4-12(9(17)18)7(8(15)16)13(5-2,10(19)20)14(12,6-3)11(21)22/h7H,4-6H2,1-3H3,(H,15,16)(H,17,18)(H,19,20)(H,21,22). The maximum atomic E-state index is 11.9. The molecule has 0 amide bonds. The number of carboxylic acid groups (broad SMARTS) is 4. The van der Waals surface area contributed by atoms with Crippen molar-refractivity contribution in [3.05, 3.63) is 0 Å². The molecule has 0 aromatic heterocycles. The quantitative estimate of drug-likeness (QED) is 0.546. The van der Waals surface area contributed by atoms with Gasteiger partial charge >= 0.3 is 23.9 Å². The molecule has 1 rings (SSSR count). The summed E-state index contributed by atoms with van der Waals surface area (Å²) in [6.07, 6.45) is -0.852. The summed E-state index contributed by atoms with van der Waals surface area (Å²) in [5.41, 5.74) is -6.49. The maximum Gasteiger partial charge on any atom is 0.312 e. The fourth-order valence-corrected chi connectivity index (χ4v) is 4.75. The second-order valence-corrected chi connectivity index (χ2v) is 5.60. The molecule has 1 fully saturated rings. The largest absolute Gasteiger partial charge is 0.481 e. The maximum absolute atomic E-state index is 11.9. The summed E-state index contributed by atoms with van der Waals surface area (Å²) in [5.74, 6) is -8.16. The van der Waals surface area contributed by atoms with Crippen LogP contribution in [0.2, 0.25) is 0 Å². The van der Waals surface area contributed by atoms with E-state index in [9.17, 15) is 39.6 Å². The molecule has 2 unspecified atom stereocenters. The average Bonchev–Trinajstić information content (AvgIpc) is 2.38. The summed E-state index contributed by atoms with van der Waals surface area (Å²) < 4.78 is 0. The van der Waals surface area contributed by atoms with Crippen LogP contribution in [0.4, 0.5) is 0 Å². The molecule has 8 nitrogen and oxygen atoms in total. The van der Waals surface area contributed by atoms with Crippen molar-refractivity contribution in [2.75, 3.05) is 0 Å². The van der Waals surface area contributed by atoms with E-state index in [1.165, 1.54) is 20.8 Å². The Labute approximate surface area is 126 Å². The van der Waals surface area contributed by atoms with E-state index in [0.717, 1.165) is 0 Å². The molecule has 0 aliphatic heterocycles. The van der Waals surface area contributed by atoms with E-state index in [2.05, 4.69) is 0 Å². The van der Waals surface area contributed by atoms with E-state index in [4.69, 9.17) is 0 Å². The number of hydrogen-bond donors (Lipinski definition) is 4. The van der Waals surface area contributed by atoms with E-state index in [1.54, 1.807) is 0 Å². The summed E-state index contributed by atoms with van der Waals surface area (Å²) >= 11 is 0. The van der Waals surface area contributed by atoms with E-state index in [-0.39, 0.29) is 19.3 Å². The summed E-state index contributed by atoms with van der Waals surface area (Å²) in [5, 5.41) is 38.4. The molecular weight excluding hydrogens is 296 g/mol. The van der Waals surface area contributed by atoms with Crippen molar-refractivity contribution in [2.45, 2.75) is 40.0 Å². The Hall–Kier alpha value is -2.12. The van der Waals surface area contributed by atoms with Gasteiger partial charge in [0, 0.05) is 0 Å². The van der Waals surface area contributed by atoms with Crippen LogP contribution in [0.3, 0.4) is 0 Å². The molecule has 8 heteroatoms. The van der Waals surface area contributed by atoms with Crippen LogP contribution in [0.15, 0.2) is 0 Å². The lowest BCUT2D eigenvalue weighted by molar-refractivity contribution is -0.277. The lowest BCUT2D eigenvalue weighted by atomic mass is 9.28. The van der Waals surface area contributed by atoms with Crippen molar-refractivity contribution in [1.82, 2.24) is 0 Å². The lowest BCUT2D eigenvalue weighted by Crippen LogP contribution is -2.81. The zero-order valence-corrected chi connectivity index (χ0v) is 12.6. The van der Waals surface area contributed by atoms with Crippen molar-refractivity contribution >= 4 is 23.9 Å². The van der Waals surface area contributed by atoms with Gasteiger partial charge in [-0.3, -0.25) is 19.2 Å². The Bertz CT molecular complexity index is 509. The van der Waals surface area contributed by atoms with Crippen LogP contribution in [0.5, 0.6) is 0 Å². The Kier molecular flexibility index (Phi) is 4.29. The monoisotopic (exact) mass is 316 g/mol. The normalized spacial score (nSPS) is 37.1. The van der Waals surface area contributed by atoms with Crippen molar-refractivity contribution in [3.63, 3.8) is 0 Å². The lowest BCUT2D eigenvalue weighted by Gasteiger charge is -2.68. The molecule has 22 heavy (non-hydrogen) atoms. The topological polar surface area (TPSA) is 149 Å². The minimum Gasteiger partial charge on any atom is -0.481 e. The van der Waals surface area contributed by atoms with Crippen molar-refractivity contribution in [1.29, 1.82) is 0 Å². The number of aliphatic carboxylic acids is 4. The van der Waals surface area contributed by atoms with E-state index >= 15 is 0 Å². The van der Waals surface area contributed by atoms with Crippen molar-refractivity contribution < 1.29 is 39.6 Å². The molecule has 0 aromatic carbocycles. The predicted octanol–water partition coefficient (Wildman–Crippen LogP) is 1.14. The highest BCUT2D eigenvalue weighted by molar-refractivity contribution is 6.03. The van der Waals surface area contributed by atoms with Gasteiger partial charge in [0.25, 0.3) is 0 Å². The summed E-state index contributed by atoms with van der Waals surface area (Å²) in [4.78, 5) is 47.3. The van der Waals surface area contributed by atoms with Crippen LogP contribution >= 0.6 is 0 Å². The smallest absolute Gasteiger partial charge is 0.312 e. The first-order chi connectivity index (χ1) is 10.1. The molecular formula is C14H20O8. The van der Waals surface area contributed by atoms with Gasteiger partial charge in [-0.15, -0.1) is 0 Å². The number of carbonyl (C=O) groups is 4. The Balaban J connectivity index is 3.92. The van der Waals surface area contributed by atoms with E-state index < -0.39 is 46.0 Å². The third-order valence-corrected chi connectivity index (χ3v) is 5.53. The molecule has 1 aliphatic rings.